The zero-order valence-electron chi connectivity index (χ0n) is 19.7. The van der Waals surface area contributed by atoms with Gasteiger partial charge in [-0.15, -0.1) is 0 Å². The first kappa shape index (κ1) is 22.5. The normalized spacial score (nSPS) is 16.6. The predicted octanol–water partition coefficient (Wildman–Crippen LogP) is 2.62. The zero-order valence-corrected chi connectivity index (χ0v) is 19.7. The molecule has 0 spiro atoms. The van der Waals surface area contributed by atoms with E-state index < -0.39 is 0 Å². The Morgan fingerprint density at radius 1 is 1.09 bits per heavy atom. The van der Waals surface area contributed by atoms with E-state index >= 15 is 0 Å². The van der Waals surface area contributed by atoms with Crippen LogP contribution in [0.5, 0.6) is 5.75 Å². The van der Waals surface area contributed by atoms with Crippen LogP contribution in [0.3, 0.4) is 0 Å². The molecule has 0 unspecified atom stereocenters. The molecular weight excluding hydrogens is 432 g/mol. The number of hydrogen-bond acceptors (Lipinski definition) is 7. The van der Waals surface area contributed by atoms with Gasteiger partial charge in [0.05, 0.1) is 36.9 Å². The standard InChI is InChI=1S/C25H30N6O3/c1-33-16-15-29-11-13-30(14-12-29)24(32)20-17-27-31(23(20)18-7-8-18)25-26-10-9-21(28-25)19-5-3-4-6-22(19)34-2/h3-6,9-10,17-18H,7-8,11-16H2,1-2H3. The predicted molar refractivity (Wildman–Crippen MR) is 127 cm³/mol. The molecule has 34 heavy (non-hydrogen) atoms. The summed E-state index contributed by atoms with van der Waals surface area (Å²) in [5.74, 6) is 1.56. The van der Waals surface area contributed by atoms with Crippen molar-refractivity contribution in [1.82, 2.24) is 29.5 Å². The maximum atomic E-state index is 13.5. The number of carbonyl (C=O) groups excluding carboxylic acids is 1. The number of nitrogens with zero attached hydrogens (tertiary/aromatic N) is 6. The molecule has 1 amide bonds. The molecule has 0 radical (unpaired) electrons. The summed E-state index contributed by atoms with van der Waals surface area (Å²) < 4.78 is 12.4. The molecule has 1 aromatic carbocycles. The Morgan fingerprint density at radius 3 is 2.62 bits per heavy atom. The highest BCUT2D eigenvalue weighted by molar-refractivity contribution is 5.95. The number of amides is 1. The van der Waals surface area contributed by atoms with Crippen molar-refractivity contribution >= 4 is 5.91 Å². The summed E-state index contributed by atoms with van der Waals surface area (Å²) in [6, 6.07) is 9.62. The van der Waals surface area contributed by atoms with E-state index in [0.717, 1.165) is 55.2 Å². The maximum absolute atomic E-state index is 13.5. The number of hydrogen-bond donors (Lipinski definition) is 0. The van der Waals surface area contributed by atoms with E-state index in [-0.39, 0.29) is 5.91 Å². The van der Waals surface area contributed by atoms with Crippen LogP contribution in [-0.4, -0.2) is 89.0 Å². The topological polar surface area (TPSA) is 85.6 Å². The third kappa shape index (κ3) is 4.53. The average molecular weight is 463 g/mol. The molecule has 1 saturated heterocycles. The fourth-order valence-corrected chi connectivity index (χ4v) is 4.45. The smallest absolute Gasteiger partial charge is 0.257 e. The molecule has 0 bridgehead atoms. The summed E-state index contributed by atoms with van der Waals surface area (Å²) in [6.07, 6.45) is 5.50. The molecule has 5 rings (SSSR count). The van der Waals surface area contributed by atoms with Crippen molar-refractivity contribution in [3.8, 4) is 23.0 Å². The fraction of sp³-hybridized carbons (Fsp3) is 0.440. The highest BCUT2D eigenvalue weighted by atomic mass is 16.5. The van der Waals surface area contributed by atoms with E-state index in [0.29, 0.717) is 37.1 Å². The summed E-state index contributed by atoms with van der Waals surface area (Å²) in [7, 11) is 3.36. The van der Waals surface area contributed by atoms with Crippen molar-refractivity contribution in [2.24, 2.45) is 0 Å². The second-order valence-electron chi connectivity index (χ2n) is 8.70. The van der Waals surface area contributed by atoms with Crippen molar-refractivity contribution in [3.63, 3.8) is 0 Å². The van der Waals surface area contributed by atoms with E-state index in [4.69, 9.17) is 14.5 Å². The van der Waals surface area contributed by atoms with Gasteiger partial charge in [0.25, 0.3) is 11.9 Å². The van der Waals surface area contributed by atoms with Crippen LogP contribution in [0, 0.1) is 0 Å². The number of benzene rings is 1. The quantitative estimate of drug-likeness (QED) is 0.509. The first-order valence-electron chi connectivity index (χ1n) is 11.7. The van der Waals surface area contributed by atoms with Crippen molar-refractivity contribution in [1.29, 1.82) is 0 Å². The molecule has 3 aromatic rings. The molecule has 0 N–H and O–H groups in total. The van der Waals surface area contributed by atoms with E-state index in [9.17, 15) is 4.79 Å². The van der Waals surface area contributed by atoms with Gasteiger partial charge in [0, 0.05) is 57.5 Å². The fourth-order valence-electron chi connectivity index (χ4n) is 4.45. The summed E-state index contributed by atoms with van der Waals surface area (Å²) in [6.45, 7) is 4.72. The summed E-state index contributed by atoms with van der Waals surface area (Å²) in [5.41, 5.74) is 3.22. The monoisotopic (exact) mass is 462 g/mol. The molecule has 1 aliphatic heterocycles. The van der Waals surface area contributed by atoms with Crippen LogP contribution in [-0.2, 0) is 4.74 Å². The number of rotatable bonds is 8. The van der Waals surface area contributed by atoms with Crippen molar-refractivity contribution in [2.75, 3.05) is 53.6 Å². The minimum atomic E-state index is 0.0421. The van der Waals surface area contributed by atoms with Gasteiger partial charge < -0.3 is 14.4 Å². The highest BCUT2D eigenvalue weighted by Crippen LogP contribution is 2.42. The van der Waals surface area contributed by atoms with E-state index in [2.05, 4.69) is 15.0 Å². The van der Waals surface area contributed by atoms with Crippen LogP contribution in [0.1, 0.15) is 34.8 Å². The van der Waals surface area contributed by atoms with E-state index in [1.807, 2.05) is 35.2 Å². The molecule has 2 fully saturated rings. The number of piperazine rings is 1. The summed E-state index contributed by atoms with van der Waals surface area (Å²) >= 11 is 0. The highest BCUT2D eigenvalue weighted by Gasteiger charge is 2.35. The lowest BCUT2D eigenvalue weighted by Gasteiger charge is -2.34. The van der Waals surface area contributed by atoms with Gasteiger partial charge in [0.15, 0.2) is 0 Å². The Labute approximate surface area is 199 Å². The third-order valence-corrected chi connectivity index (χ3v) is 6.49. The first-order chi connectivity index (χ1) is 16.7. The number of para-hydroxylation sites is 1. The van der Waals surface area contributed by atoms with Crippen LogP contribution in [0.15, 0.2) is 42.7 Å². The van der Waals surface area contributed by atoms with Crippen molar-refractivity contribution < 1.29 is 14.3 Å². The summed E-state index contributed by atoms with van der Waals surface area (Å²) in [4.78, 5) is 27.0. The minimum absolute atomic E-state index is 0.0421. The van der Waals surface area contributed by atoms with E-state index in [1.165, 1.54) is 0 Å². The SMILES string of the molecule is COCCN1CCN(C(=O)c2cnn(-c3nccc(-c4ccccc4OC)n3)c2C2CC2)CC1. The van der Waals surface area contributed by atoms with Gasteiger partial charge in [-0.3, -0.25) is 9.69 Å². The Hall–Kier alpha value is -3.30. The molecular formula is C25H30N6O3. The average Bonchev–Trinajstić information content (AvgIpc) is 3.64. The largest absolute Gasteiger partial charge is 0.496 e. The van der Waals surface area contributed by atoms with Crippen LogP contribution in [0.25, 0.3) is 17.2 Å². The Morgan fingerprint density at radius 2 is 1.88 bits per heavy atom. The lowest BCUT2D eigenvalue weighted by atomic mass is 10.1. The van der Waals surface area contributed by atoms with Crippen LogP contribution < -0.4 is 4.74 Å². The first-order valence-corrected chi connectivity index (χ1v) is 11.7. The number of carbonyl (C=O) groups is 1. The van der Waals surface area contributed by atoms with Gasteiger partial charge in [-0.05, 0) is 31.0 Å². The van der Waals surface area contributed by atoms with E-state index in [1.54, 1.807) is 31.3 Å². The molecule has 3 heterocycles. The molecule has 2 aliphatic rings. The van der Waals surface area contributed by atoms with Gasteiger partial charge in [-0.1, -0.05) is 12.1 Å². The molecule has 1 aliphatic carbocycles. The van der Waals surface area contributed by atoms with Crippen molar-refractivity contribution in [2.45, 2.75) is 18.8 Å². The molecule has 1 saturated carbocycles. The minimum Gasteiger partial charge on any atom is -0.496 e. The van der Waals surface area contributed by atoms with Crippen LogP contribution >= 0.6 is 0 Å². The molecule has 9 nitrogen and oxygen atoms in total. The van der Waals surface area contributed by atoms with Gasteiger partial charge in [-0.25, -0.2) is 14.6 Å². The molecule has 9 heteroatoms. The Kier molecular flexibility index (Phi) is 6.55. The van der Waals surface area contributed by atoms with Gasteiger partial charge >= 0.3 is 0 Å². The number of ether oxygens (including phenoxy) is 2. The second kappa shape index (κ2) is 9.90. The van der Waals surface area contributed by atoms with Crippen molar-refractivity contribution in [3.05, 3.63) is 54.0 Å². The van der Waals surface area contributed by atoms with Gasteiger partial charge in [0.1, 0.15) is 5.75 Å². The lowest BCUT2D eigenvalue weighted by Crippen LogP contribution is -2.49. The zero-order chi connectivity index (χ0) is 23.5. The van der Waals surface area contributed by atoms with Gasteiger partial charge in [0.2, 0.25) is 0 Å². The Balaban J connectivity index is 1.41. The molecule has 178 valence electrons. The lowest BCUT2D eigenvalue weighted by molar-refractivity contribution is 0.0593. The van der Waals surface area contributed by atoms with Crippen LogP contribution in [0.4, 0.5) is 0 Å². The molecule has 0 atom stereocenters. The van der Waals surface area contributed by atoms with Gasteiger partial charge in [-0.2, -0.15) is 5.10 Å². The second-order valence-corrected chi connectivity index (χ2v) is 8.70. The van der Waals surface area contributed by atoms with Crippen LogP contribution in [0.2, 0.25) is 0 Å². The molecule has 2 aromatic heterocycles. The number of aromatic nitrogens is 4. The third-order valence-electron chi connectivity index (χ3n) is 6.49. The Bertz CT molecular complexity index is 1150. The maximum Gasteiger partial charge on any atom is 0.257 e. The number of methoxy groups -OCH3 is 2. The summed E-state index contributed by atoms with van der Waals surface area (Å²) in [5, 5.41) is 4.58.